The Morgan fingerprint density at radius 2 is 1.94 bits per heavy atom. The fraction of sp³-hybridized carbons (Fsp3) is 0.750. The molecule has 1 amide bonds. The molecule has 92 valence electrons. The van der Waals surface area contributed by atoms with E-state index < -0.39 is 36.7 Å². The Hall–Kier alpha value is -1.31. The van der Waals surface area contributed by atoms with Crippen LogP contribution in [0.2, 0.25) is 0 Å². The first kappa shape index (κ1) is 12.8. The third-order valence-corrected chi connectivity index (χ3v) is 2.23. The van der Waals surface area contributed by atoms with Gasteiger partial charge in [-0.25, -0.2) is 4.79 Å². The van der Waals surface area contributed by atoms with Gasteiger partial charge in [-0.2, -0.15) is 13.2 Å². The van der Waals surface area contributed by atoms with Crippen LogP contribution in [0.5, 0.6) is 0 Å². The summed E-state index contributed by atoms with van der Waals surface area (Å²) in [5.41, 5.74) is -1.68. The van der Waals surface area contributed by atoms with E-state index in [2.05, 4.69) is 0 Å². The van der Waals surface area contributed by atoms with Crippen LogP contribution in [-0.4, -0.2) is 53.4 Å². The number of aliphatic carboxylic acids is 1. The quantitative estimate of drug-likeness (QED) is 0.769. The number of hydrogen-bond acceptors (Lipinski definition) is 3. The number of alkyl halides is 3. The summed E-state index contributed by atoms with van der Waals surface area (Å²) in [5, 5.41) is 8.77. The maximum Gasteiger partial charge on any atom is 0.471 e. The van der Waals surface area contributed by atoms with E-state index in [1.54, 1.807) is 0 Å². The smallest absolute Gasteiger partial charge is 0.471 e. The molecule has 0 aromatic carbocycles. The molecule has 1 aliphatic rings. The van der Waals surface area contributed by atoms with Crippen molar-refractivity contribution >= 4 is 11.9 Å². The summed E-state index contributed by atoms with van der Waals surface area (Å²) in [6.45, 7) is 0.433. The average Bonchev–Trinajstić information content (AvgIpc) is 2.07. The number of carbonyl (C=O) groups is 2. The molecule has 0 aromatic heterocycles. The van der Waals surface area contributed by atoms with Crippen molar-refractivity contribution in [1.82, 2.24) is 4.90 Å². The molecule has 1 heterocycles. The Morgan fingerprint density at radius 3 is 2.25 bits per heavy atom. The number of ether oxygens (including phenoxy) is 1. The first-order valence-corrected chi connectivity index (χ1v) is 4.46. The zero-order chi connectivity index (χ0) is 12.6. The number of carboxylic acid groups (broad SMARTS) is 1. The number of nitrogens with zero attached hydrogens (tertiary/aromatic N) is 1. The largest absolute Gasteiger partial charge is 0.479 e. The predicted octanol–water partition coefficient (Wildman–Crippen LogP) is 0.251. The summed E-state index contributed by atoms with van der Waals surface area (Å²) in [4.78, 5) is 21.9. The Labute approximate surface area is 88.8 Å². The van der Waals surface area contributed by atoms with E-state index in [-0.39, 0.29) is 6.61 Å². The number of rotatable bonds is 3. The lowest BCUT2D eigenvalue weighted by molar-refractivity contribution is -0.215. The normalized spacial score (nSPS) is 19.1. The van der Waals surface area contributed by atoms with Crippen molar-refractivity contribution in [3.05, 3.63) is 0 Å². The van der Waals surface area contributed by atoms with Gasteiger partial charge in [0.25, 0.3) is 0 Å². The van der Waals surface area contributed by atoms with Crippen LogP contribution < -0.4 is 0 Å². The van der Waals surface area contributed by atoms with Crippen molar-refractivity contribution in [1.29, 1.82) is 0 Å². The van der Waals surface area contributed by atoms with Gasteiger partial charge in [-0.05, 0) is 6.92 Å². The van der Waals surface area contributed by atoms with E-state index in [4.69, 9.17) is 9.84 Å². The molecule has 0 aliphatic carbocycles. The summed E-state index contributed by atoms with van der Waals surface area (Å²) >= 11 is 0. The van der Waals surface area contributed by atoms with Gasteiger partial charge < -0.3 is 14.7 Å². The van der Waals surface area contributed by atoms with E-state index in [1.165, 1.54) is 6.92 Å². The van der Waals surface area contributed by atoms with Crippen LogP contribution in [0.4, 0.5) is 13.2 Å². The second-order valence-electron chi connectivity index (χ2n) is 3.39. The molecule has 0 bridgehead atoms. The molecule has 1 saturated heterocycles. The SMILES string of the molecule is CCOC1(C(=O)O)CN(C(=O)C(F)(F)F)C1. The van der Waals surface area contributed by atoms with Crippen molar-refractivity contribution in [2.75, 3.05) is 19.7 Å². The molecular weight excluding hydrogens is 231 g/mol. The molecule has 1 N–H and O–H groups in total. The highest BCUT2D eigenvalue weighted by atomic mass is 19.4. The predicted molar refractivity (Wildman–Crippen MR) is 44.6 cm³/mol. The van der Waals surface area contributed by atoms with Crippen molar-refractivity contribution in [2.24, 2.45) is 0 Å². The minimum absolute atomic E-state index is 0.0559. The number of carboxylic acids is 1. The number of likely N-dealkylation sites (tertiary alicyclic amines) is 1. The van der Waals surface area contributed by atoms with Crippen LogP contribution >= 0.6 is 0 Å². The molecule has 0 atom stereocenters. The molecule has 0 unspecified atom stereocenters. The standard InChI is InChI=1S/C8H10F3NO4/c1-2-16-7(6(14)15)3-12(4-7)5(13)8(9,10)11/h2-4H2,1H3,(H,14,15). The Bertz CT molecular complexity index is 309. The minimum atomic E-state index is -4.98. The summed E-state index contributed by atoms with van der Waals surface area (Å²) < 4.78 is 40.8. The lowest BCUT2D eigenvalue weighted by Crippen LogP contribution is -2.70. The van der Waals surface area contributed by atoms with Gasteiger partial charge in [0.05, 0.1) is 13.1 Å². The highest BCUT2D eigenvalue weighted by Crippen LogP contribution is 2.30. The number of hydrogen-bond donors (Lipinski definition) is 1. The van der Waals surface area contributed by atoms with Gasteiger partial charge >= 0.3 is 18.1 Å². The maximum atomic E-state index is 12.0. The molecule has 0 saturated carbocycles. The van der Waals surface area contributed by atoms with Crippen LogP contribution in [0.3, 0.4) is 0 Å². The molecule has 0 radical (unpaired) electrons. The highest BCUT2D eigenvalue weighted by molar-refractivity contribution is 5.88. The van der Waals surface area contributed by atoms with Crippen LogP contribution in [0.15, 0.2) is 0 Å². The summed E-state index contributed by atoms with van der Waals surface area (Å²) in [6, 6.07) is 0. The molecule has 16 heavy (non-hydrogen) atoms. The fourth-order valence-electron chi connectivity index (χ4n) is 1.46. The van der Waals surface area contributed by atoms with Crippen molar-refractivity contribution in [3.63, 3.8) is 0 Å². The van der Waals surface area contributed by atoms with Crippen LogP contribution in [0, 0.1) is 0 Å². The van der Waals surface area contributed by atoms with Crippen molar-refractivity contribution < 1.29 is 32.6 Å². The molecule has 1 rings (SSSR count). The second kappa shape index (κ2) is 3.93. The lowest BCUT2D eigenvalue weighted by Gasteiger charge is -2.46. The summed E-state index contributed by atoms with van der Waals surface area (Å²) in [6.07, 6.45) is -4.98. The Morgan fingerprint density at radius 1 is 1.44 bits per heavy atom. The van der Waals surface area contributed by atoms with E-state index in [1.807, 2.05) is 0 Å². The molecule has 5 nitrogen and oxygen atoms in total. The van der Waals surface area contributed by atoms with Gasteiger partial charge in [0, 0.05) is 6.61 Å². The molecule has 1 fully saturated rings. The van der Waals surface area contributed by atoms with E-state index in [0.717, 1.165) is 0 Å². The van der Waals surface area contributed by atoms with Gasteiger partial charge in [-0.3, -0.25) is 4.79 Å². The maximum absolute atomic E-state index is 12.0. The van der Waals surface area contributed by atoms with Gasteiger partial charge in [0.1, 0.15) is 0 Å². The van der Waals surface area contributed by atoms with Gasteiger partial charge in [-0.1, -0.05) is 0 Å². The molecule has 0 spiro atoms. The monoisotopic (exact) mass is 241 g/mol. The average molecular weight is 241 g/mol. The summed E-state index contributed by atoms with van der Waals surface area (Å²) in [5.74, 6) is -3.40. The Kier molecular flexibility index (Phi) is 3.13. The van der Waals surface area contributed by atoms with E-state index in [9.17, 15) is 22.8 Å². The molecule has 8 heteroatoms. The highest BCUT2D eigenvalue weighted by Gasteiger charge is 2.57. The molecule has 1 aliphatic heterocycles. The summed E-state index contributed by atoms with van der Waals surface area (Å²) in [7, 11) is 0. The third kappa shape index (κ3) is 2.11. The second-order valence-corrected chi connectivity index (χ2v) is 3.39. The van der Waals surface area contributed by atoms with E-state index in [0.29, 0.717) is 4.90 Å². The first-order valence-electron chi connectivity index (χ1n) is 4.46. The van der Waals surface area contributed by atoms with Gasteiger partial charge in [0.2, 0.25) is 0 Å². The number of halogens is 3. The van der Waals surface area contributed by atoms with Crippen LogP contribution in [0.1, 0.15) is 6.92 Å². The zero-order valence-electron chi connectivity index (χ0n) is 8.37. The van der Waals surface area contributed by atoms with Crippen LogP contribution in [-0.2, 0) is 14.3 Å². The minimum Gasteiger partial charge on any atom is -0.479 e. The van der Waals surface area contributed by atoms with Gasteiger partial charge in [-0.15, -0.1) is 0 Å². The van der Waals surface area contributed by atoms with Crippen molar-refractivity contribution in [3.8, 4) is 0 Å². The molecule has 0 aromatic rings. The lowest BCUT2D eigenvalue weighted by atomic mass is 9.93. The van der Waals surface area contributed by atoms with E-state index >= 15 is 0 Å². The topological polar surface area (TPSA) is 66.8 Å². The van der Waals surface area contributed by atoms with Crippen LogP contribution in [0.25, 0.3) is 0 Å². The molecular formula is C8H10F3NO4. The third-order valence-electron chi connectivity index (χ3n) is 2.23. The van der Waals surface area contributed by atoms with Gasteiger partial charge in [0.15, 0.2) is 5.60 Å². The fourth-order valence-corrected chi connectivity index (χ4v) is 1.46. The Balaban J connectivity index is 2.65. The number of amides is 1. The first-order chi connectivity index (χ1) is 7.23. The van der Waals surface area contributed by atoms with Crippen molar-refractivity contribution in [2.45, 2.75) is 18.7 Å². The zero-order valence-corrected chi connectivity index (χ0v) is 8.37. The number of carbonyl (C=O) groups excluding carboxylic acids is 1.